The minimum atomic E-state index is -0.294. The summed E-state index contributed by atoms with van der Waals surface area (Å²) < 4.78 is 23.5. The van der Waals surface area contributed by atoms with E-state index in [2.05, 4.69) is 5.32 Å². The Morgan fingerprint density at radius 1 is 1.29 bits per heavy atom. The van der Waals surface area contributed by atoms with E-state index >= 15 is 0 Å². The molecule has 24 heavy (non-hydrogen) atoms. The van der Waals surface area contributed by atoms with Crippen LogP contribution in [0.3, 0.4) is 0 Å². The smallest absolute Gasteiger partial charge is 0.225 e. The van der Waals surface area contributed by atoms with Crippen molar-refractivity contribution in [1.82, 2.24) is 10.2 Å². The van der Waals surface area contributed by atoms with Crippen LogP contribution in [-0.2, 0) is 9.53 Å². The van der Waals surface area contributed by atoms with Crippen LogP contribution in [-0.4, -0.2) is 57.3 Å². The van der Waals surface area contributed by atoms with Crippen LogP contribution in [0.25, 0.3) is 0 Å². The molecule has 1 aliphatic heterocycles. The zero-order valence-corrected chi connectivity index (χ0v) is 15.0. The average molecular weight is 361 g/mol. The van der Waals surface area contributed by atoms with E-state index in [1.165, 1.54) is 12.1 Å². The summed E-state index contributed by atoms with van der Waals surface area (Å²) in [5.41, 5.74) is 0. The monoisotopic (exact) mass is 360 g/mol. The van der Waals surface area contributed by atoms with Gasteiger partial charge in [-0.3, -0.25) is 4.79 Å². The lowest BCUT2D eigenvalue weighted by Gasteiger charge is -2.35. The van der Waals surface area contributed by atoms with Crippen LogP contribution >= 0.6 is 12.4 Å². The Labute approximate surface area is 148 Å². The number of methoxy groups -OCH3 is 1. The average Bonchev–Trinajstić information content (AvgIpc) is 2.50. The summed E-state index contributed by atoms with van der Waals surface area (Å²) >= 11 is 0. The van der Waals surface area contributed by atoms with Gasteiger partial charge in [0.15, 0.2) is 0 Å². The second-order valence-corrected chi connectivity index (χ2v) is 5.83. The van der Waals surface area contributed by atoms with Crippen LogP contribution in [0.5, 0.6) is 5.75 Å². The van der Waals surface area contributed by atoms with Crippen LogP contribution in [0.4, 0.5) is 4.39 Å². The minimum Gasteiger partial charge on any atom is -0.492 e. The van der Waals surface area contributed by atoms with Gasteiger partial charge in [-0.15, -0.1) is 12.4 Å². The maximum atomic E-state index is 12.9. The molecular formula is C17H26ClFN2O3. The van der Waals surface area contributed by atoms with Crippen molar-refractivity contribution in [1.29, 1.82) is 0 Å². The number of hydrogen-bond acceptors (Lipinski definition) is 4. The molecule has 0 aromatic heterocycles. The number of rotatable bonds is 9. The molecule has 1 aliphatic rings. The van der Waals surface area contributed by atoms with Crippen LogP contribution in [0.15, 0.2) is 24.3 Å². The van der Waals surface area contributed by atoms with Gasteiger partial charge in [-0.05, 0) is 43.3 Å². The SMILES string of the molecule is COCCN(CCOc1ccc(F)cc1)C(=O)C(C)C1CNC1.Cl. The molecular weight excluding hydrogens is 335 g/mol. The zero-order valence-electron chi connectivity index (χ0n) is 14.2. The second-order valence-electron chi connectivity index (χ2n) is 5.83. The molecule has 0 bridgehead atoms. The number of nitrogens with one attached hydrogen (secondary N) is 1. The lowest BCUT2D eigenvalue weighted by molar-refractivity contribution is -0.138. The Morgan fingerprint density at radius 3 is 2.46 bits per heavy atom. The van der Waals surface area contributed by atoms with Crippen LogP contribution in [0.2, 0.25) is 0 Å². The van der Waals surface area contributed by atoms with Crippen molar-refractivity contribution in [2.24, 2.45) is 11.8 Å². The highest BCUT2D eigenvalue weighted by Gasteiger charge is 2.31. The number of halogens is 2. The lowest BCUT2D eigenvalue weighted by atomic mass is 9.88. The van der Waals surface area contributed by atoms with Gasteiger partial charge in [0.25, 0.3) is 0 Å². The first kappa shape index (κ1) is 20.7. The highest BCUT2D eigenvalue weighted by molar-refractivity contribution is 5.85. The fourth-order valence-corrected chi connectivity index (χ4v) is 2.49. The molecule has 1 amide bonds. The Hall–Kier alpha value is -1.37. The first-order valence-corrected chi connectivity index (χ1v) is 7.98. The third-order valence-corrected chi connectivity index (χ3v) is 4.23. The summed E-state index contributed by atoms with van der Waals surface area (Å²) in [5.74, 6) is 0.847. The maximum absolute atomic E-state index is 12.9. The van der Waals surface area contributed by atoms with Crippen molar-refractivity contribution < 1.29 is 18.7 Å². The maximum Gasteiger partial charge on any atom is 0.225 e. The van der Waals surface area contributed by atoms with Crippen molar-refractivity contribution in [3.05, 3.63) is 30.1 Å². The number of carbonyl (C=O) groups excluding carboxylic acids is 1. The normalized spacial score (nSPS) is 15.1. The molecule has 1 aromatic rings. The van der Waals surface area contributed by atoms with Gasteiger partial charge in [-0.1, -0.05) is 6.92 Å². The van der Waals surface area contributed by atoms with Gasteiger partial charge in [-0.25, -0.2) is 4.39 Å². The van der Waals surface area contributed by atoms with Crippen LogP contribution in [0, 0.1) is 17.7 Å². The molecule has 2 rings (SSSR count). The number of hydrogen-bond donors (Lipinski definition) is 1. The standard InChI is InChI=1S/C17H25FN2O3.ClH/c1-13(14-11-19-12-14)17(21)20(7-9-22-2)8-10-23-16-5-3-15(18)4-6-16;/h3-6,13-14,19H,7-12H2,1-2H3;1H. The van der Waals surface area contributed by atoms with Gasteiger partial charge in [0, 0.05) is 19.6 Å². The fourth-order valence-electron chi connectivity index (χ4n) is 2.49. The summed E-state index contributed by atoms with van der Waals surface area (Å²) in [6, 6.07) is 5.88. The number of carbonyl (C=O) groups is 1. The summed E-state index contributed by atoms with van der Waals surface area (Å²) in [4.78, 5) is 14.4. The molecule has 1 N–H and O–H groups in total. The molecule has 1 saturated heterocycles. The molecule has 1 aromatic carbocycles. The third kappa shape index (κ3) is 5.92. The zero-order chi connectivity index (χ0) is 16.7. The van der Waals surface area contributed by atoms with Gasteiger partial charge in [0.1, 0.15) is 18.2 Å². The van der Waals surface area contributed by atoms with E-state index < -0.39 is 0 Å². The van der Waals surface area contributed by atoms with Crippen molar-refractivity contribution in [3.63, 3.8) is 0 Å². The molecule has 1 fully saturated rings. The molecule has 0 spiro atoms. The summed E-state index contributed by atoms with van der Waals surface area (Å²) in [6.07, 6.45) is 0. The quantitative estimate of drug-likeness (QED) is 0.731. The first-order chi connectivity index (χ1) is 11.1. The van der Waals surface area contributed by atoms with E-state index in [0.29, 0.717) is 38.0 Å². The molecule has 0 radical (unpaired) electrons. The molecule has 0 saturated carbocycles. The Morgan fingerprint density at radius 2 is 1.92 bits per heavy atom. The Bertz CT molecular complexity index is 497. The third-order valence-electron chi connectivity index (χ3n) is 4.23. The van der Waals surface area contributed by atoms with E-state index in [4.69, 9.17) is 9.47 Å². The van der Waals surface area contributed by atoms with Crippen molar-refractivity contribution in [3.8, 4) is 5.75 Å². The topological polar surface area (TPSA) is 50.8 Å². The molecule has 7 heteroatoms. The van der Waals surface area contributed by atoms with Crippen molar-refractivity contribution in [2.45, 2.75) is 6.92 Å². The van der Waals surface area contributed by atoms with Gasteiger partial charge in [-0.2, -0.15) is 0 Å². The lowest BCUT2D eigenvalue weighted by Crippen LogP contribution is -2.51. The highest BCUT2D eigenvalue weighted by atomic mass is 35.5. The second kappa shape index (κ2) is 10.5. The number of nitrogens with zero attached hydrogens (tertiary/aromatic N) is 1. The molecule has 1 atom stereocenters. The Kier molecular flexibility index (Phi) is 9.03. The van der Waals surface area contributed by atoms with Crippen molar-refractivity contribution >= 4 is 18.3 Å². The van der Waals surface area contributed by atoms with Gasteiger partial charge < -0.3 is 19.7 Å². The Balaban J connectivity index is 0.00000288. The number of ether oxygens (including phenoxy) is 2. The summed E-state index contributed by atoms with van der Waals surface area (Å²) in [7, 11) is 1.62. The predicted octanol–water partition coefficient (Wildman–Crippen LogP) is 1.96. The summed E-state index contributed by atoms with van der Waals surface area (Å²) in [5, 5.41) is 3.20. The number of amides is 1. The molecule has 5 nitrogen and oxygen atoms in total. The molecule has 1 unspecified atom stereocenters. The highest BCUT2D eigenvalue weighted by Crippen LogP contribution is 2.18. The fraction of sp³-hybridized carbons (Fsp3) is 0.588. The number of benzene rings is 1. The first-order valence-electron chi connectivity index (χ1n) is 7.98. The van der Waals surface area contributed by atoms with Gasteiger partial charge in [0.2, 0.25) is 5.91 Å². The van der Waals surface area contributed by atoms with E-state index in [-0.39, 0.29) is 30.0 Å². The molecule has 1 heterocycles. The van der Waals surface area contributed by atoms with Crippen LogP contribution in [0.1, 0.15) is 6.92 Å². The minimum absolute atomic E-state index is 0. The van der Waals surface area contributed by atoms with Gasteiger partial charge in [0.05, 0.1) is 13.2 Å². The van der Waals surface area contributed by atoms with Gasteiger partial charge >= 0.3 is 0 Å². The van der Waals surface area contributed by atoms with Crippen molar-refractivity contribution in [2.75, 3.05) is 46.5 Å². The predicted molar refractivity (Wildman–Crippen MR) is 93.1 cm³/mol. The van der Waals surface area contributed by atoms with E-state index in [1.807, 2.05) is 6.92 Å². The molecule has 136 valence electrons. The largest absolute Gasteiger partial charge is 0.492 e. The van der Waals surface area contributed by atoms with Crippen LogP contribution < -0.4 is 10.1 Å². The van der Waals surface area contributed by atoms with E-state index in [1.54, 1.807) is 24.1 Å². The van der Waals surface area contributed by atoms with E-state index in [0.717, 1.165) is 13.1 Å². The molecule has 0 aliphatic carbocycles. The van der Waals surface area contributed by atoms with E-state index in [9.17, 15) is 9.18 Å². The summed E-state index contributed by atoms with van der Waals surface area (Å²) in [6.45, 7) is 5.69.